The van der Waals surface area contributed by atoms with E-state index in [9.17, 15) is 21.6 Å². The molecule has 0 bridgehead atoms. The predicted octanol–water partition coefficient (Wildman–Crippen LogP) is 2.43. The first-order chi connectivity index (χ1) is 9.10. The Kier molecular flexibility index (Phi) is 3.51. The van der Waals surface area contributed by atoms with Crippen molar-refractivity contribution >= 4 is 19.7 Å². The third-order valence-corrected chi connectivity index (χ3v) is 3.73. The topological polar surface area (TPSA) is 64.8 Å². The zero-order valence-electron chi connectivity index (χ0n) is 9.89. The first-order valence-electron chi connectivity index (χ1n) is 5.12. The third-order valence-electron chi connectivity index (χ3n) is 2.52. The Hall–Kier alpha value is -1.61. The summed E-state index contributed by atoms with van der Waals surface area (Å²) >= 11 is 0. The van der Waals surface area contributed by atoms with Crippen molar-refractivity contribution < 1.29 is 21.6 Å². The molecule has 0 unspecified atom stereocenters. The summed E-state index contributed by atoms with van der Waals surface area (Å²) in [6, 6.07) is 4.10. The first-order valence-corrected chi connectivity index (χ1v) is 7.43. The van der Waals surface area contributed by atoms with E-state index in [0.717, 1.165) is 16.7 Å². The SMILES string of the molecule is Cn1c(-c2ccc(C(F)(F)F)cc2)nnc1S(=O)(=O)Cl. The van der Waals surface area contributed by atoms with Gasteiger partial charge in [-0.2, -0.15) is 13.2 Å². The molecular weight excluding hydrogens is 319 g/mol. The van der Waals surface area contributed by atoms with E-state index >= 15 is 0 Å². The zero-order chi connectivity index (χ0) is 15.1. The van der Waals surface area contributed by atoms with Crippen molar-refractivity contribution in [3.05, 3.63) is 29.8 Å². The average molecular weight is 326 g/mol. The van der Waals surface area contributed by atoms with Crippen LogP contribution in [0.3, 0.4) is 0 Å². The Morgan fingerprint density at radius 3 is 2.10 bits per heavy atom. The van der Waals surface area contributed by atoms with Crippen LogP contribution < -0.4 is 0 Å². The Morgan fingerprint density at radius 2 is 1.70 bits per heavy atom. The van der Waals surface area contributed by atoms with Gasteiger partial charge >= 0.3 is 6.18 Å². The summed E-state index contributed by atoms with van der Waals surface area (Å²) in [5.74, 6) is 0.0953. The molecule has 0 aliphatic heterocycles. The Balaban J connectivity index is 2.46. The van der Waals surface area contributed by atoms with Gasteiger partial charge in [0, 0.05) is 23.3 Å². The molecule has 0 atom stereocenters. The van der Waals surface area contributed by atoms with Gasteiger partial charge in [0.2, 0.25) is 0 Å². The first kappa shape index (κ1) is 14.8. The van der Waals surface area contributed by atoms with E-state index in [1.807, 2.05) is 0 Å². The Morgan fingerprint density at radius 1 is 1.15 bits per heavy atom. The summed E-state index contributed by atoms with van der Waals surface area (Å²) in [6.07, 6.45) is -4.44. The van der Waals surface area contributed by atoms with Gasteiger partial charge in [-0.25, -0.2) is 8.42 Å². The summed E-state index contributed by atoms with van der Waals surface area (Å²) in [6.45, 7) is 0. The molecule has 0 fully saturated rings. The van der Waals surface area contributed by atoms with Gasteiger partial charge in [-0.3, -0.25) is 4.57 Å². The fraction of sp³-hybridized carbons (Fsp3) is 0.200. The van der Waals surface area contributed by atoms with E-state index < -0.39 is 25.9 Å². The number of halogens is 4. The molecule has 0 radical (unpaired) electrons. The molecule has 2 aromatic rings. The second-order valence-electron chi connectivity index (χ2n) is 3.88. The highest BCUT2D eigenvalue weighted by Gasteiger charge is 2.30. The van der Waals surface area contributed by atoms with Crippen LogP contribution in [0.1, 0.15) is 5.56 Å². The average Bonchev–Trinajstić information content (AvgIpc) is 2.70. The van der Waals surface area contributed by atoms with Gasteiger partial charge in [0.25, 0.3) is 14.2 Å². The van der Waals surface area contributed by atoms with E-state index in [2.05, 4.69) is 10.2 Å². The number of alkyl halides is 3. The minimum Gasteiger partial charge on any atom is -0.300 e. The summed E-state index contributed by atoms with van der Waals surface area (Å²) in [5, 5.41) is 6.54. The molecule has 0 aliphatic carbocycles. The summed E-state index contributed by atoms with van der Waals surface area (Å²) in [4.78, 5) is 0. The molecule has 1 aromatic heterocycles. The molecule has 0 amide bonds. The van der Waals surface area contributed by atoms with Crippen LogP contribution in [0.2, 0.25) is 0 Å². The molecule has 1 aromatic carbocycles. The van der Waals surface area contributed by atoms with Gasteiger partial charge in [0.15, 0.2) is 5.82 Å². The number of hydrogen-bond acceptors (Lipinski definition) is 4. The van der Waals surface area contributed by atoms with Crippen molar-refractivity contribution in [2.24, 2.45) is 7.05 Å². The zero-order valence-corrected chi connectivity index (χ0v) is 11.5. The minimum atomic E-state index is -4.44. The maximum atomic E-state index is 12.4. The number of aromatic nitrogens is 3. The van der Waals surface area contributed by atoms with E-state index in [1.54, 1.807) is 0 Å². The molecule has 108 valence electrons. The van der Waals surface area contributed by atoms with Crippen LogP contribution in [0.5, 0.6) is 0 Å². The minimum absolute atomic E-state index is 0.0953. The van der Waals surface area contributed by atoms with Crippen molar-refractivity contribution in [1.82, 2.24) is 14.8 Å². The number of hydrogen-bond donors (Lipinski definition) is 0. The Labute approximate surface area is 116 Å². The summed E-state index contributed by atoms with van der Waals surface area (Å²) < 4.78 is 60.7. The molecule has 10 heteroatoms. The Bertz CT molecular complexity index is 738. The lowest BCUT2D eigenvalue weighted by molar-refractivity contribution is -0.137. The van der Waals surface area contributed by atoms with Crippen LogP contribution in [-0.4, -0.2) is 23.2 Å². The van der Waals surface area contributed by atoms with Crippen molar-refractivity contribution in [3.63, 3.8) is 0 Å². The van der Waals surface area contributed by atoms with E-state index in [0.29, 0.717) is 5.56 Å². The van der Waals surface area contributed by atoms with E-state index in [1.165, 1.54) is 19.2 Å². The maximum Gasteiger partial charge on any atom is 0.416 e. The molecule has 1 heterocycles. The van der Waals surface area contributed by atoms with Gasteiger partial charge < -0.3 is 0 Å². The second kappa shape index (κ2) is 4.74. The molecular formula is C10H7ClF3N3O2S. The largest absolute Gasteiger partial charge is 0.416 e. The number of rotatable bonds is 2. The lowest BCUT2D eigenvalue weighted by Gasteiger charge is -2.07. The third kappa shape index (κ3) is 2.78. The van der Waals surface area contributed by atoms with Crippen LogP contribution in [0.25, 0.3) is 11.4 Å². The standard InChI is InChI=1S/C10H7ClF3N3O2S/c1-17-8(15-16-9(17)20(11,18)19)6-2-4-7(5-3-6)10(12,13)14/h2-5H,1H3. The van der Waals surface area contributed by atoms with E-state index in [4.69, 9.17) is 10.7 Å². The normalized spacial score (nSPS) is 12.7. The van der Waals surface area contributed by atoms with Crippen molar-refractivity contribution in [3.8, 4) is 11.4 Å². The summed E-state index contributed by atoms with van der Waals surface area (Å²) in [5.41, 5.74) is -0.520. The monoisotopic (exact) mass is 325 g/mol. The van der Waals surface area contributed by atoms with Crippen molar-refractivity contribution in [2.75, 3.05) is 0 Å². The van der Waals surface area contributed by atoms with Crippen LogP contribution in [0.15, 0.2) is 29.4 Å². The second-order valence-corrected chi connectivity index (χ2v) is 6.34. The highest BCUT2D eigenvalue weighted by atomic mass is 35.7. The highest BCUT2D eigenvalue weighted by molar-refractivity contribution is 8.13. The van der Waals surface area contributed by atoms with Crippen LogP contribution in [0, 0.1) is 0 Å². The lowest BCUT2D eigenvalue weighted by atomic mass is 10.1. The number of nitrogens with zero attached hydrogens (tertiary/aromatic N) is 3. The maximum absolute atomic E-state index is 12.4. The molecule has 0 saturated heterocycles. The van der Waals surface area contributed by atoms with Crippen molar-refractivity contribution in [2.45, 2.75) is 11.3 Å². The lowest BCUT2D eigenvalue weighted by Crippen LogP contribution is -2.05. The molecule has 0 spiro atoms. The highest BCUT2D eigenvalue weighted by Crippen LogP contribution is 2.30. The number of benzene rings is 1. The summed E-state index contributed by atoms with van der Waals surface area (Å²) in [7, 11) is 2.43. The predicted molar refractivity (Wildman–Crippen MR) is 64.5 cm³/mol. The van der Waals surface area contributed by atoms with Gasteiger partial charge in [-0.05, 0) is 12.1 Å². The van der Waals surface area contributed by atoms with Gasteiger partial charge in [0.1, 0.15) is 0 Å². The molecule has 20 heavy (non-hydrogen) atoms. The van der Waals surface area contributed by atoms with Gasteiger partial charge in [0.05, 0.1) is 5.56 Å². The van der Waals surface area contributed by atoms with Crippen LogP contribution in [-0.2, 0) is 22.3 Å². The van der Waals surface area contributed by atoms with Gasteiger partial charge in [-0.15, -0.1) is 10.2 Å². The van der Waals surface area contributed by atoms with Crippen molar-refractivity contribution in [1.29, 1.82) is 0 Å². The molecule has 0 saturated carbocycles. The van der Waals surface area contributed by atoms with Crippen LogP contribution >= 0.6 is 10.7 Å². The fourth-order valence-corrected chi connectivity index (χ4v) is 2.54. The van der Waals surface area contributed by atoms with Gasteiger partial charge in [-0.1, -0.05) is 12.1 Å². The van der Waals surface area contributed by atoms with Crippen LogP contribution in [0.4, 0.5) is 13.2 Å². The molecule has 0 N–H and O–H groups in total. The molecule has 2 rings (SSSR count). The smallest absolute Gasteiger partial charge is 0.300 e. The quantitative estimate of drug-likeness (QED) is 0.795. The molecule has 0 aliphatic rings. The fourth-order valence-electron chi connectivity index (χ4n) is 1.59. The van der Waals surface area contributed by atoms with E-state index in [-0.39, 0.29) is 5.82 Å². The molecule has 5 nitrogen and oxygen atoms in total.